The van der Waals surface area contributed by atoms with Gasteiger partial charge in [0.1, 0.15) is 22.7 Å². The molecule has 8 heteroatoms. The molecule has 0 spiro atoms. The van der Waals surface area contributed by atoms with Gasteiger partial charge in [0, 0.05) is 17.0 Å². The number of aromatic carboxylic acids is 1. The number of halogens is 1. The average molecular weight is 431 g/mol. The number of rotatable bonds is 7. The van der Waals surface area contributed by atoms with E-state index in [1.165, 1.54) is 24.3 Å². The third-order valence-electron chi connectivity index (χ3n) is 5.02. The smallest absolute Gasteiger partial charge is 0.340 e. The van der Waals surface area contributed by atoms with Crippen LogP contribution in [0.5, 0.6) is 0 Å². The third kappa shape index (κ3) is 4.05. The minimum Gasteiger partial charge on any atom is -0.478 e. The minimum atomic E-state index is -3.56. The van der Waals surface area contributed by atoms with Crippen molar-refractivity contribution in [3.05, 3.63) is 53.3 Å². The molecular weight excluding hydrogens is 409 g/mol. The molecule has 0 bridgehead atoms. The summed E-state index contributed by atoms with van der Waals surface area (Å²) < 4.78 is 46.8. The normalized spacial score (nSPS) is 14.4. The summed E-state index contributed by atoms with van der Waals surface area (Å²) in [5.41, 5.74) is 1.86. The van der Waals surface area contributed by atoms with E-state index in [0.29, 0.717) is 16.6 Å². The molecule has 4 rings (SSSR count). The number of carboxylic acid groups (broad SMARTS) is 1. The molecule has 0 unspecified atom stereocenters. The topological polar surface area (TPSA) is 96.6 Å². The first-order chi connectivity index (χ1) is 14.1. The summed E-state index contributed by atoms with van der Waals surface area (Å²) in [7, 11) is -3.56. The quantitative estimate of drug-likeness (QED) is 0.535. The lowest BCUT2D eigenvalue weighted by Crippen LogP contribution is -2.20. The Morgan fingerprint density at radius 3 is 2.47 bits per heavy atom. The fourth-order valence-electron chi connectivity index (χ4n) is 3.65. The minimum absolute atomic E-state index is 0.0184. The summed E-state index contributed by atoms with van der Waals surface area (Å²) in [5.74, 6) is -1.37. The Bertz CT molecular complexity index is 1220. The van der Waals surface area contributed by atoms with Gasteiger partial charge in [-0.1, -0.05) is 13.8 Å². The van der Waals surface area contributed by atoms with Gasteiger partial charge in [-0.25, -0.2) is 17.6 Å². The molecule has 30 heavy (non-hydrogen) atoms. The molecule has 1 heterocycles. The van der Waals surface area contributed by atoms with Crippen LogP contribution in [0.1, 0.15) is 48.5 Å². The molecule has 0 radical (unpaired) electrons. The molecular formula is C22H22FNO5S. The summed E-state index contributed by atoms with van der Waals surface area (Å²) in [6.07, 6.45) is 1.82. The van der Waals surface area contributed by atoms with Crippen LogP contribution in [-0.4, -0.2) is 25.2 Å². The molecule has 0 atom stereocenters. The number of hydrogen-bond donors (Lipinski definition) is 2. The highest BCUT2D eigenvalue weighted by Crippen LogP contribution is 2.46. The zero-order valence-corrected chi connectivity index (χ0v) is 17.4. The lowest BCUT2D eigenvalue weighted by Gasteiger charge is -2.14. The van der Waals surface area contributed by atoms with Crippen LogP contribution in [-0.2, 0) is 10.0 Å². The van der Waals surface area contributed by atoms with Gasteiger partial charge >= 0.3 is 5.97 Å². The van der Waals surface area contributed by atoms with Crippen molar-refractivity contribution in [1.82, 2.24) is 0 Å². The number of fused-ring (bicyclic) bond motifs is 1. The number of carbonyl (C=O) groups is 1. The monoisotopic (exact) mass is 431 g/mol. The SMILES string of the molecule is CC(C)CS(=O)(=O)Nc1cc2oc(-c3ccc(F)cc3)c(C(=O)O)c2cc1C1CC1. The van der Waals surface area contributed by atoms with Crippen molar-refractivity contribution in [3.63, 3.8) is 0 Å². The van der Waals surface area contributed by atoms with E-state index in [4.69, 9.17) is 4.42 Å². The molecule has 2 aromatic carbocycles. The van der Waals surface area contributed by atoms with Crippen molar-refractivity contribution >= 4 is 32.6 Å². The van der Waals surface area contributed by atoms with E-state index in [0.717, 1.165) is 18.4 Å². The van der Waals surface area contributed by atoms with Crippen LogP contribution in [0.15, 0.2) is 40.8 Å². The highest BCUT2D eigenvalue weighted by Gasteiger charge is 2.31. The Morgan fingerprint density at radius 1 is 1.23 bits per heavy atom. The molecule has 1 aliphatic rings. The number of anilines is 1. The number of carboxylic acids is 1. The molecule has 2 N–H and O–H groups in total. The molecule has 6 nitrogen and oxygen atoms in total. The number of hydrogen-bond acceptors (Lipinski definition) is 4. The predicted octanol–water partition coefficient (Wildman–Crippen LogP) is 5.21. The van der Waals surface area contributed by atoms with E-state index in [1.807, 2.05) is 13.8 Å². The molecule has 0 amide bonds. The standard InChI is InChI=1S/C22H22FNO5S/c1-12(2)11-30(27,28)24-18-10-19-17(9-16(18)13-3-4-13)20(22(25)26)21(29-19)14-5-7-15(23)8-6-14/h5-10,12-13,24H,3-4,11H2,1-2H3,(H,25,26). The predicted molar refractivity (Wildman–Crippen MR) is 113 cm³/mol. The van der Waals surface area contributed by atoms with Crippen molar-refractivity contribution in [1.29, 1.82) is 0 Å². The Labute approximate surface area is 173 Å². The van der Waals surface area contributed by atoms with Gasteiger partial charge in [-0.2, -0.15) is 0 Å². The Hall–Kier alpha value is -2.87. The summed E-state index contributed by atoms with van der Waals surface area (Å²) in [5, 5.41) is 10.2. The summed E-state index contributed by atoms with van der Waals surface area (Å²) in [4.78, 5) is 12.0. The lowest BCUT2D eigenvalue weighted by atomic mass is 10.0. The maximum atomic E-state index is 13.3. The number of furan rings is 1. The van der Waals surface area contributed by atoms with Crippen molar-refractivity contribution in [3.8, 4) is 11.3 Å². The van der Waals surface area contributed by atoms with E-state index in [-0.39, 0.29) is 34.5 Å². The molecule has 1 aliphatic carbocycles. The molecule has 1 fully saturated rings. The molecule has 158 valence electrons. The van der Waals surface area contributed by atoms with Gasteiger partial charge in [0.05, 0.1) is 11.4 Å². The maximum Gasteiger partial charge on any atom is 0.340 e. The van der Waals surface area contributed by atoms with E-state index in [2.05, 4.69) is 4.72 Å². The van der Waals surface area contributed by atoms with Gasteiger partial charge in [0.15, 0.2) is 0 Å². The maximum absolute atomic E-state index is 13.3. The second kappa shape index (κ2) is 7.43. The second-order valence-corrected chi connectivity index (χ2v) is 9.87. The van der Waals surface area contributed by atoms with Crippen molar-refractivity contribution in [2.45, 2.75) is 32.6 Å². The van der Waals surface area contributed by atoms with Gasteiger partial charge in [-0.15, -0.1) is 0 Å². The zero-order valence-electron chi connectivity index (χ0n) is 16.6. The molecule has 1 saturated carbocycles. The largest absolute Gasteiger partial charge is 0.478 e. The first kappa shape index (κ1) is 20.4. The van der Waals surface area contributed by atoms with Crippen molar-refractivity contribution in [2.75, 3.05) is 10.5 Å². The van der Waals surface area contributed by atoms with Gasteiger partial charge in [-0.05, 0) is 60.6 Å². The van der Waals surface area contributed by atoms with Crippen LogP contribution in [0.2, 0.25) is 0 Å². The fourth-order valence-corrected chi connectivity index (χ4v) is 5.12. The van der Waals surface area contributed by atoms with E-state index in [9.17, 15) is 22.7 Å². The number of nitrogens with one attached hydrogen (secondary N) is 1. The first-order valence-corrected chi connectivity index (χ1v) is 11.4. The van der Waals surface area contributed by atoms with Gasteiger partial charge in [0.2, 0.25) is 10.0 Å². The Balaban J connectivity index is 1.88. The Kier molecular flexibility index (Phi) is 5.05. The molecule has 0 aliphatic heterocycles. The van der Waals surface area contributed by atoms with E-state index in [1.54, 1.807) is 12.1 Å². The number of benzene rings is 2. The van der Waals surface area contributed by atoms with Crippen LogP contribution in [0.25, 0.3) is 22.3 Å². The summed E-state index contributed by atoms with van der Waals surface area (Å²) in [6, 6.07) is 8.63. The Morgan fingerprint density at radius 2 is 1.90 bits per heavy atom. The molecule has 0 saturated heterocycles. The summed E-state index contributed by atoms with van der Waals surface area (Å²) in [6.45, 7) is 3.65. The molecule has 1 aromatic heterocycles. The second-order valence-electron chi connectivity index (χ2n) is 8.11. The highest BCUT2D eigenvalue weighted by molar-refractivity contribution is 7.92. The van der Waals surface area contributed by atoms with E-state index >= 15 is 0 Å². The van der Waals surface area contributed by atoms with Crippen molar-refractivity contribution < 1.29 is 27.1 Å². The van der Waals surface area contributed by atoms with Crippen LogP contribution < -0.4 is 4.72 Å². The zero-order chi connectivity index (χ0) is 21.6. The van der Waals surface area contributed by atoms with Gasteiger partial charge < -0.3 is 9.52 Å². The number of sulfonamides is 1. The van der Waals surface area contributed by atoms with Gasteiger partial charge in [0.25, 0.3) is 0 Å². The highest BCUT2D eigenvalue weighted by atomic mass is 32.2. The van der Waals surface area contributed by atoms with Crippen LogP contribution in [0.4, 0.5) is 10.1 Å². The third-order valence-corrected chi connectivity index (χ3v) is 6.65. The fraction of sp³-hybridized carbons (Fsp3) is 0.318. The van der Waals surface area contributed by atoms with Crippen LogP contribution in [0, 0.1) is 11.7 Å². The van der Waals surface area contributed by atoms with Crippen LogP contribution in [0.3, 0.4) is 0 Å². The van der Waals surface area contributed by atoms with Crippen LogP contribution >= 0.6 is 0 Å². The van der Waals surface area contributed by atoms with Crippen molar-refractivity contribution in [2.24, 2.45) is 5.92 Å². The first-order valence-electron chi connectivity index (χ1n) is 9.75. The summed E-state index contributed by atoms with van der Waals surface area (Å²) >= 11 is 0. The van der Waals surface area contributed by atoms with Gasteiger partial charge in [-0.3, -0.25) is 4.72 Å². The lowest BCUT2D eigenvalue weighted by molar-refractivity contribution is 0.0699. The average Bonchev–Trinajstić information content (AvgIpc) is 3.40. The van der Waals surface area contributed by atoms with E-state index < -0.39 is 21.8 Å². The molecule has 3 aromatic rings.